The van der Waals surface area contributed by atoms with Crippen LogP contribution in [0.1, 0.15) is 20.7 Å². The second-order valence-corrected chi connectivity index (χ2v) is 5.71. The van der Waals surface area contributed by atoms with Gasteiger partial charge in [0.15, 0.2) is 18.1 Å². The molecule has 0 bridgehead atoms. The Labute approximate surface area is 168 Å². The number of carbonyl (C=O) groups is 3. The molecular formula is C21H21N3O5. The van der Waals surface area contributed by atoms with E-state index < -0.39 is 11.8 Å². The van der Waals surface area contributed by atoms with E-state index >= 15 is 0 Å². The van der Waals surface area contributed by atoms with Crippen molar-refractivity contribution in [3.63, 3.8) is 0 Å². The number of likely N-dealkylation sites (N-methyl/N-ethyl adjacent to an activating group) is 1. The van der Waals surface area contributed by atoms with Gasteiger partial charge in [0, 0.05) is 12.6 Å². The number of amides is 3. The predicted octanol–water partition coefficient (Wildman–Crippen LogP) is 1.44. The summed E-state index contributed by atoms with van der Waals surface area (Å²) < 4.78 is 10.6. The third-order valence-corrected chi connectivity index (χ3v) is 3.83. The number of rotatable bonds is 8. The average Bonchev–Trinajstić information content (AvgIpc) is 2.75. The Morgan fingerprint density at radius 1 is 1.07 bits per heavy atom. The monoisotopic (exact) mass is 395 g/mol. The molecule has 2 aromatic rings. The Kier molecular flexibility index (Phi) is 7.62. The largest absolute Gasteiger partial charge is 0.493 e. The second-order valence-electron chi connectivity index (χ2n) is 5.71. The van der Waals surface area contributed by atoms with Crippen molar-refractivity contribution < 1.29 is 23.9 Å². The van der Waals surface area contributed by atoms with Crippen LogP contribution < -0.4 is 25.4 Å². The fourth-order valence-electron chi connectivity index (χ4n) is 2.35. The van der Waals surface area contributed by atoms with E-state index in [0.29, 0.717) is 17.2 Å². The lowest BCUT2D eigenvalue weighted by atomic mass is 10.1. The summed E-state index contributed by atoms with van der Waals surface area (Å²) in [5.41, 5.74) is 0.910. The molecule has 0 fully saturated rings. The van der Waals surface area contributed by atoms with Crippen molar-refractivity contribution in [3.8, 4) is 23.8 Å². The van der Waals surface area contributed by atoms with Crippen LogP contribution in [0.5, 0.6) is 11.5 Å². The number of nitrogens with one attached hydrogen (secondary N) is 3. The van der Waals surface area contributed by atoms with E-state index in [2.05, 4.69) is 21.9 Å². The van der Waals surface area contributed by atoms with E-state index in [1.807, 2.05) is 0 Å². The number of carbonyl (C=O) groups excluding carboxylic acids is 3. The SMILES string of the molecule is C#CCNC(=O)c1ccccc1NC(=O)c1ccc(OCC(=O)NC)c(OC)c1. The molecule has 0 spiro atoms. The van der Waals surface area contributed by atoms with Crippen molar-refractivity contribution in [1.82, 2.24) is 10.6 Å². The highest BCUT2D eigenvalue weighted by Gasteiger charge is 2.16. The molecule has 3 N–H and O–H groups in total. The molecule has 0 atom stereocenters. The standard InChI is InChI=1S/C21H21N3O5/c1-4-11-23-21(27)15-7-5-6-8-16(15)24-20(26)14-9-10-17(18(12-14)28-3)29-13-19(25)22-2/h1,5-10,12H,11,13H2,2-3H3,(H,22,25)(H,23,27)(H,24,26). The molecule has 29 heavy (non-hydrogen) atoms. The van der Waals surface area contributed by atoms with Crippen LogP contribution in [0.25, 0.3) is 0 Å². The molecule has 0 aliphatic heterocycles. The van der Waals surface area contributed by atoms with Crippen LogP contribution in [-0.2, 0) is 4.79 Å². The summed E-state index contributed by atoms with van der Waals surface area (Å²) in [6, 6.07) is 11.1. The Morgan fingerprint density at radius 2 is 1.83 bits per heavy atom. The number of methoxy groups -OCH3 is 1. The lowest BCUT2D eigenvalue weighted by Gasteiger charge is -2.13. The fourth-order valence-corrected chi connectivity index (χ4v) is 2.35. The van der Waals surface area contributed by atoms with Gasteiger partial charge in [0.1, 0.15) is 0 Å². The number of anilines is 1. The summed E-state index contributed by atoms with van der Waals surface area (Å²) in [4.78, 5) is 36.2. The molecule has 0 saturated heterocycles. The van der Waals surface area contributed by atoms with Crippen molar-refractivity contribution >= 4 is 23.4 Å². The van der Waals surface area contributed by atoms with Crippen molar-refractivity contribution in [3.05, 3.63) is 53.6 Å². The van der Waals surface area contributed by atoms with E-state index in [4.69, 9.17) is 15.9 Å². The Balaban J connectivity index is 2.18. The van der Waals surface area contributed by atoms with E-state index in [9.17, 15) is 14.4 Å². The molecule has 0 unspecified atom stereocenters. The molecule has 8 nitrogen and oxygen atoms in total. The number of ether oxygens (including phenoxy) is 2. The van der Waals surface area contributed by atoms with Crippen LogP contribution in [0.4, 0.5) is 5.69 Å². The molecule has 2 aromatic carbocycles. The minimum atomic E-state index is -0.446. The number of terminal acetylenes is 1. The van der Waals surface area contributed by atoms with Gasteiger partial charge in [-0.05, 0) is 30.3 Å². The summed E-state index contributed by atoms with van der Waals surface area (Å²) in [7, 11) is 2.93. The maximum atomic E-state index is 12.7. The molecular weight excluding hydrogens is 374 g/mol. The van der Waals surface area contributed by atoms with Gasteiger partial charge in [-0.15, -0.1) is 6.42 Å². The number of hydrogen-bond donors (Lipinski definition) is 3. The third-order valence-electron chi connectivity index (χ3n) is 3.83. The molecule has 0 aromatic heterocycles. The zero-order chi connectivity index (χ0) is 21.2. The molecule has 0 aliphatic rings. The van der Waals surface area contributed by atoms with E-state index in [-0.39, 0.29) is 30.2 Å². The molecule has 3 amide bonds. The zero-order valence-corrected chi connectivity index (χ0v) is 16.1. The van der Waals surface area contributed by atoms with Gasteiger partial charge in [0.25, 0.3) is 17.7 Å². The van der Waals surface area contributed by atoms with Crippen LogP contribution in [0, 0.1) is 12.3 Å². The molecule has 0 radical (unpaired) electrons. The van der Waals surface area contributed by atoms with Crippen LogP contribution in [0.15, 0.2) is 42.5 Å². The number of para-hydroxylation sites is 1. The second kappa shape index (κ2) is 10.4. The van der Waals surface area contributed by atoms with Crippen molar-refractivity contribution in [2.75, 3.05) is 32.6 Å². The lowest BCUT2D eigenvalue weighted by molar-refractivity contribution is -0.122. The summed E-state index contributed by atoms with van der Waals surface area (Å²) >= 11 is 0. The van der Waals surface area contributed by atoms with Crippen molar-refractivity contribution in [2.45, 2.75) is 0 Å². The Hall–Kier alpha value is -3.99. The highest BCUT2D eigenvalue weighted by atomic mass is 16.5. The van der Waals surface area contributed by atoms with Gasteiger partial charge in [0.05, 0.1) is 24.9 Å². The van der Waals surface area contributed by atoms with E-state index in [1.165, 1.54) is 32.4 Å². The van der Waals surface area contributed by atoms with Gasteiger partial charge < -0.3 is 25.4 Å². The minimum absolute atomic E-state index is 0.0792. The summed E-state index contributed by atoms with van der Waals surface area (Å²) in [5, 5.41) is 7.71. The normalized spacial score (nSPS) is 9.69. The van der Waals surface area contributed by atoms with Crippen LogP contribution in [0.3, 0.4) is 0 Å². The zero-order valence-electron chi connectivity index (χ0n) is 16.1. The topological polar surface area (TPSA) is 106 Å². The predicted molar refractivity (Wildman–Crippen MR) is 108 cm³/mol. The van der Waals surface area contributed by atoms with E-state index in [1.54, 1.807) is 24.3 Å². The third kappa shape index (κ3) is 5.74. The Bertz CT molecular complexity index is 950. The van der Waals surface area contributed by atoms with Crippen molar-refractivity contribution in [1.29, 1.82) is 0 Å². The van der Waals surface area contributed by atoms with Gasteiger partial charge in [-0.2, -0.15) is 0 Å². The summed E-state index contributed by atoms with van der Waals surface area (Å²) in [6.45, 7) is -0.103. The van der Waals surface area contributed by atoms with Crippen LogP contribution in [0.2, 0.25) is 0 Å². The number of benzene rings is 2. The highest BCUT2D eigenvalue weighted by Crippen LogP contribution is 2.28. The van der Waals surface area contributed by atoms with Gasteiger partial charge in [-0.25, -0.2) is 0 Å². The maximum absolute atomic E-state index is 12.7. The first-order valence-electron chi connectivity index (χ1n) is 8.63. The summed E-state index contributed by atoms with van der Waals surface area (Å²) in [6.07, 6.45) is 5.16. The maximum Gasteiger partial charge on any atom is 0.257 e. The van der Waals surface area contributed by atoms with E-state index in [0.717, 1.165) is 0 Å². The Morgan fingerprint density at radius 3 is 2.52 bits per heavy atom. The average molecular weight is 395 g/mol. The molecule has 150 valence electrons. The fraction of sp³-hybridized carbons (Fsp3) is 0.190. The first-order chi connectivity index (χ1) is 14.0. The molecule has 8 heteroatoms. The molecule has 0 heterocycles. The van der Waals surface area contributed by atoms with Crippen molar-refractivity contribution in [2.24, 2.45) is 0 Å². The van der Waals surface area contributed by atoms with Gasteiger partial charge in [-0.3, -0.25) is 14.4 Å². The molecule has 2 rings (SSSR count). The quantitative estimate of drug-likeness (QED) is 0.587. The molecule has 0 aliphatic carbocycles. The van der Waals surface area contributed by atoms with Crippen LogP contribution >= 0.6 is 0 Å². The van der Waals surface area contributed by atoms with Gasteiger partial charge in [0.2, 0.25) is 0 Å². The smallest absolute Gasteiger partial charge is 0.257 e. The van der Waals surface area contributed by atoms with Gasteiger partial charge in [-0.1, -0.05) is 18.1 Å². The van der Waals surface area contributed by atoms with Crippen LogP contribution in [-0.4, -0.2) is 45.0 Å². The highest BCUT2D eigenvalue weighted by molar-refractivity contribution is 6.09. The van der Waals surface area contributed by atoms with Gasteiger partial charge >= 0.3 is 0 Å². The lowest BCUT2D eigenvalue weighted by Crippen LogP contribution is -2.25. The number of hydrogen-bond acceptors (Lipinski definition) is 5. The first-order valence-corrected chi connectivity index (χ1v) is 8.63. The minimum Gasteiger partial charge on any atom is -0.493 e. The first kappa shape index (κ1) is 21.3. The summed E-state index contributed by atoms with van der Waals surface area (Å²) in [5.74, 6) is 1.80. The molecule has 0 saturated carbocycles.